The lowest BCUT2D eigenvalue weighted by atomic mass is 9.85. The van der Waals surface area contributed by atoms with Crippen LogP contribution in [0.5, 0.6) is 5.75 Å². The van der Waals surface area contributed by atoms with Gasteiger partial charge in [0.2, 0.25) is 0 Å². The number of fused-ring (bicyclic) bond motifs is 2. The summed E-state index contributed by atoms with van der Waals surface area (Å²) in [6.07, 6.45) is 0.787. The van der Waals surface area contributed by atoms with Crippen molar-refractivity contribution in [3.8, 4) is 23.1 Å². The first kappa shape index (κ1) is 29.1. The molecule has 2 N–H and O–H groups in total. The second-order valence-corrected chi connectivity index (χ2v) is 15.0. The number of benzene rings is 2. The van der Waals surface area contributed by atoms with Gasteiger partial charge in [-0.05, 0) is 55.4 Å². The van der Waals surface area contributed by atoms with E-state index in [0.717, 1.165) is 59.0 Å². The van der Waals surface area contributed by atoms with Crippen LogP contribution in [-0.2, 0) is 23.0 Å². The Bertz CT molecular complexity index is 1570. The number of aliphatic hydroxyl groups excluding tert-OH is 1. The zero-order chi connectivity index (χ0) is 29.4. The van der Waals surface area contributed by atoms with Crippen LogP contribution in [0.1, 0.15) is 35.1 Å². The van der Waals surface area contributed by atoms with Crippen molar-refractivity contribution in [3.05, 3.63) is 64.0 Å². The number of nitrogens with zero attached hydrogens (tertiary/aromatic N) is 4. The van der Waals surface area contributed by atoms with Crippen LogP contribution in [0.2, 0.25) is 0 Å². The van der Waals surface area contributed by atoms with Crippen molar-refractivity contribution < 1.29 is 23.4 Å². The van der Waals surface area contributed by atoms with E-state index in [2.05, 4.69) is 21.9 Å². The first-order valence-corrected chi connectivity index (χ1v) is 17.1. The number of sulfone groups is 1. The number of piperidine rings is 1. The molecule has 0 radical (unpaired) electrons. The molecule has 1 aliphatic carbocycles. The lowest BCUT2D eigenvalue weighted by Crippen LogP contribution is -2.46. The minimum absolute atomic E-state index is 0.0478. The van der Waals surface area contributed by atoms with Crippen LogP contribution in [0, 0.1) is 36.0 Å². The summed E-state index contributed by atoms with van der Waals surface area (Å²) < 4.78 is 29.8. The Labute approximate surface area is 250 Å². The summed E-state index contributed by atoms with van der Waals surface area (Å²) in [4.78, 5) is 9.38. The average molecular weight is 609 g/mol. The minimum Gasteiger partial charge on any atom is -0.488 e. The summed E-state index contributed by atoms with van der Waals surface area (Å²) in [5.41, 5.74) is 5.15. The first-order chi connectivity index (χ1) is 20.2. The number of aryl methyl sites for hydroxylation is 1. The van der Waals surface area contributed by atoms with Crippen molar-refractivity contribution in [3.63, 3.8) is 0 Å². The van der Waals surface area contributed by atoms with Crippen LogP contribution in [0.4, 0.5) is 5.13 Å². The number of thiazole rings is 1. The molecule has 3 heterocycles. The molecular weight excluding hydrogens is 572 g/mol. The molecule has 2 aliphatic heterocycles. The van der Waals surface area contributed by atoms with Crippen LogP contribution in [-0.4, -0.2) is 72.5 Å². The quantitative estimate of drug-likeness (QED) is 0.369. The van der Waals surface area contributed by atoms with E-state index in [4.69, 9.17) is 9.72 Å². The third kappa shape index (κ3) is 6.19. The molecule has 0 amide bonds. The predicted molar refractivity (Wildman–Crippen MR) is 162 cm³/mol. The van der Waals surface area contributed by atoms with Crippen LogP contribution >= 0.6 is 11.3 Å². The van der Waals surface area contributed by atoms with Gasteiger partial charge in [-0.1, -0.05) is 23.8 Å². The number of hydrogen-bond donors (Lipinski definition) is 2. The molecule has 222 valence electrons. The van der Waals surface area contributed by atoms with Gasteiger partial charge in [-0.25, -0.2) is 13.4 Å². The molecule has 1 unspecified atom stereocenters. The highest BCUT2D eigenvalue weighted by Gasteiger charge is 2.45. The fourth-order valence-corrected chi connectivity index (χ4v) is 8.81. The molecule has 0 spiro atoms. The molecule has 11 heteroatoms. The fraction of sp³-hybridized carbons (Fsp3) is 0.484. The summed E-state index contributed by atoms with van der Waals surface area (Å²) in [6, 6.07) is 14.1. The maximum Gasteiger partial charge on any atom is 0.185 e. The van der Waals surface area contributed by atoms with E-state index in [9.17, 15) is 23.9 Å². The Kier molecular flexibility index (Phi) is 8.26. The minimum atomic E-state index is -2.93. The largest absolute Gasteiger partial charge is 0.488 e. The Balaban J connectivity index is 1.15. The van der Waals surface area contributed by atoms with Crippen molar-refractivity contribution in [1.29, 1.82) is 5.26 Å². The Hall–Kier alpha value is -3.01. The third-order valence-electron chi connectivity index (χ3n) is 8.95. The highest BCUT2D eigenvalue weighted by molar-refractivity contribution is 7.91. The van der Waals surface area contributed by atoms with Gasteiger partial charge >= 0.3 is 0 Å². The Morgan fingerprint density at radius 3 is 2.55 bits per heavy atom. The van der Waals surface area contributed by atoms with E-state index in [1.165, 1.54) is 0 Å². The summed E-state index contributed by atoms with van der Waals surface area (Å²) in [5.74, 6) is 1.54. The maximum atomic E-state index is 11.7. The molecule has 42 heavy (non-hydrogen) atoms. The van der Waals surface area contributed by atoms with Crippen molar-refractivity contribution in [2.75, 3.05) is 42.6 Å². The Morgan fingerprint density at radius 1 is 1.12 bits per heavy atom. The van der Waals surface area contributed by atoms with E-state index >= 15 is 0 Å². The SMILES string of the molecule is Cc1ccc(OCc2ccc(CN3CCS(=O)(=O)CC3)cc2C#N)c(-c2csc(N3C[C@H]4CC[C@@H](C3)C4C(O)O)n2)c1. The smallest absolute Gasteiger partial charge is 0.185 e. The second kappa shape index (κ2) is 11.9. The summed E-state index contributed by atoms with van der Waals surface area (Å²) >= 11 is 1.60. The zero-order valence-corrected chi connectivity index (χ0v) is 25.3. The summed E-state index contributed by atoms with van der Waals surface area (Å²) in [6.45, 7) is 5.47. The monoisotopic (exact) mass is 608 g/mol. The van der Waals surface area contributed by atoms with Gasteiger partial charge < -0.3 is 19.8 Å². The van der Waals surface area contributed by atoms with E-state index in [1.54, 1.807) is 11.3 Å². The summed E-state index contributed by atoms with van der Waals surface area (Å²) in [7, 11) is -2.93. The zero-order valence-electron chi connectivity index (χ0n) is 23.6. The number of aliphatic hydroxyl groups is 2. The van der Waals surface area contributed by atoms with Gasteiger partial charge in [-0.2, -0.15) is 5.26 Å². The van der Waals surface area contributed by atoms with Crippen molar-refractivity contribution in [2.24, 2.45) is 17.8 Å². The fourth-order valence-electron chi connectivity index (χ4n) is 6.68. The third-order valence-corrected chi connectivity index (χ3v) is 11.5. The van der Waals surface area contributed by atoms with Crippen LogP contribution < -0.4 is 9.64 Å². The van der Waals surface area contributed by atoms with E-state index in [0.29, 0.717) is 30.9 Å². The molecule has 2 saturated heterocycles. The van der Waals surface area contributed by atoms with Crippen LogP contribution in [0.25, 0.3) is 11.3 Å². The second-order valence-electron chi connectivity index (χ2n) is 11.8. The number of aromatic nitrogens is 1. The van der Waals surface area contributed by atoms with Gasteiger partial charge in [0, 0.05) is 55.1 Å². The summed E-state index contributed by atoms with van der Waals surface area (Å²) in [5, 5.41) is 32.6. The van der Waals surface area contributed by atoms with E-state index in [1.807, 2.05) is 42.6 Å². The standard InChI is InChI=1S/C31H36N4O5S2/c1-20-2-7-28(40-18-24-4-3-21(13-25(24)14-32)15-34-8-10-42(38,39)11-9-34)26(12-20)27-19-41-31(33-27)35-16-22-5-6-23(17-35)29(22)30(36)37/h2-4,7,12-13,19,22-23,29-30,36-37H,5-6,8-11,15-18H2,1H3/t22-,23+,29?. The van der Waals surface area contributed by atoms with Gasteiger partial charge in [0.25, 0.3) is 0 Å². The molecule has 2 bridgehead atoms. The van der Waals surface area contributed by atoms with E-state index < -0.39 is 16.1 Å². The topological polar surface area (TPSA) is 127 Å². The Morgan fingerprint density at radius 2 is 1.86 bits per heavy atom. The predicted octanol–water partition coefficient (Wildman–Crippen LogP) is 3.57. The van der Waals surface area contributed by atoms with Crippen molar-refractivity contribution >= 4 is 26.3 Å². The van der Waals surface area contributed by atoms with Gasteiger partial charge in [-0.15, -0.1) is 11.3 Å². The van der Waals surface area contributed by atoms with Crippen LogP contribution in [0.3, 0.4) is 0 Å². The molecule has 2 aromatic carbocycles. The highest BCUT2D eigenvalue weighted by atomic mass is 32.2. The average Bonchev–Trinajstić information content (AvgIpc) is 3.56. The highest BCUT2D eigenvalue weighted by Crippen LogP contribution is 2.45. The van der Waals surface area contributed by atoms with E-state index in [-0.39, 0.29) is 35.9 Å². The molecule has 1 saturated carbocycles. The number of ether oxygens (including phenoxy) is 1. The van der Waals surface area contributed by atoms with Crippen molar-refractivity contribution in [2.45, 2.75) is 39.2 Å². The van der Waals surface area contributed by atoms with Gasteiger partial charge in [0.1, 0.15) is 12.4 Å². The number of hydrogen-bond acceptors (Lipinski definition) is 10. The lowest BCUT2D eigenvalue weighted by molar-refractivity contribution is -0.109. The maximum absolute atomic E-state index is 11.7. The van der Waals surface area contributed by atoms with Gasteiger partial charge in [0.15, 0.2) is 21.3 Å². The number of rotatable bonds is 8. The molecule has 3 fully saturated rings. The molecule has 6 rings (SSSR count). The normalized spacial score (nSPS) is 23.7. The molecule has 1 aromatic heterocycles. The molecule has 3 aromatic rings. The molecule has 3 atom stereocenters. The van der Waals surface area contributed by atoms with Gasteiger partial charge in [0.05, 0.1) is 28.8 Å². The number of nitriles is 1. The van der Waals surface area contributed by atoms with Crippen LogP contribution in [0.15, 0.2) is 41.8 Å². The molecular formula is C31H36N4O5S2. The number of anilines is 1. The molecule has 9 nitrogen and oxygen atoms in total. The first-order valence-electron chi connectivity index (χ1n) is 14.4. The van der Waals surface area contributed by atoms with Crippen molar-refractivity contribution in [1.82, 2.24) is 9.88 Å². The molecule has 3 aliphatic rings. The lowest BCUT2D eigenvalue weighted by Gasteiger charge is -2.38. The van der Waals surface area contributed by atoms with Gasteiger partial charge in [-0.3, -0.25) is 4.90 Å².